The molecule has 0 radical (unpaired) electrons. The Labute approximate surface area is 112 Å². The largest absolute Gasteiger partial charge is 0.494 e. The van der Waals surface area contributed by atoms with Crippen molar-refractivity contribution in [2.24, 2.45) is 5.73 Å². The molecule has 18 heavy (non-hydrogen) atoms. The molecule has 0 aliphatic rings. The molecule has 0 spiro atoms. The van der Waals surface area contributed by atoms with Gasteiger partial charge in [-0.25, -0.2) is 0 Å². The highest BCUT2D eigenvalue weighted by Gasteiger charge is 2.10. The first-order valence-electron chi connectivity index (χ1n) is 5.80. The van der Waals surface area contributed by atoms with Gasteiger partial charge in [0.05, 0.1) is 23.4 Å². The van der Waals surface area contributed by atoms with Crippen molar-refractivity contribution in [1.29, 1.82) is 0 Å². The van der Waals surface area contributed by atoms with Gasteiger partial charge in [-0.05, 0) is 36.8 Å². The minimum atomic E-state index is -0.275. The third-order valence-electron chi connectivity index (χ3n) is 2.60. The maximum absolute atomic E-state index is 6.17. The van der Waals surface area contributed by atoms with Crippen LogP contribution in [0.4, 0.5) is 0 Å². The van der Waals surface area contributed by atoms with Crippen LogP contribution < -0.4 is 10.5 Å². The smallest absolute Gasteiger partial charge is 0.119 e. The summed E-state index contributed by atoms with van der Waals surface area (Å²) in [5, 5.41) is 0.606. The number of halogens is 1. The molecule has 3 nitrogen and oxygen atoms in total. The molecular formula is C14H15ClN2O. The molecule has 1 aromatic heterocycles. The number of rotatable bonds is 4. The fraction of sp³-hybridized carbons (Fsp3) is 0.214. The zero-order valence-corrected chi connectivity index (χ0v) is 10.9. The van der Waals surface area contributed by atoms with E-state index >= 15 is 0 Å². The second-order valence-corrected chi connectivity index (χ2v) is 4.32. The predicted molar refractivity (Wildman–Crippen MR) is 72.9 cm³/mol. The second-order valence-electron chi connectivity index (χ2n) is 3.88. The zero-order chi connectivity index (χ0) is 13.0. The second kappa shape index (κ2) is 5.85. The van der Waals surface area contributed by atoms with E-state index in [0.29, 0.717) is 11.6 Å². The summed E-state index contributed by atoms with van der Waals surface area (Å²) in [5.74, 6) is 0.819. The maximum Gasteiger partial charge on any atom is 0.119 e. The van der Waals surface area contributed by atoms with E-state index in [2.05, 4.69) is 4.98 Å². The summed E-state index contributed by atoms with van der Waals surface area (Å²) in [5.41, 5.74) is 7.92. The molecule has 0 fully saturated rings. The summed E-state index contributed by atoms with van der Waals surface area (Å²) in [6.07, 6.45) is 1.60. The van der Waals surface area contributed by atoms with E-state index in [4.69, 9.17) is 22.1 Å². The van der Waals surface area contributed by atoms with Crippen LogP contribution in [-0.4, -0.2) is 11.6 Å². The number of pyridine rings is 1. The molecule has 0 saturated heterocycles. The Balaban J connectivity index is 2.24. The first-order chi connectivity index (χ1) is 8.70. The Morgan fingerprint density at radius 1 is 1.33 bits per heavy atom. The quantitative estimate of drug-likeness (QED) is 0.921. The van der Waals surface area contributed by atoms with Crippen LogP contribution in [0.25, 0.3) is 0 Å². The first kappa shape index (κ1) is 12.9. The van der Waals surface area contributed by atoms with Gasteiger partial charge < -0.3 is 10.5 Å². The Hall–Kier alpha value is -1.58. The van der Waals surface area contributed by atoms with E-state index < -0.39 is 0 Å². The third kappa shape index (κ3) is 3.00. The molecule has 2 aromatic rings. The van der Waals surface area contributed by atoms with Crippen LogP contribution in [0.3, 0.4) is 0 Å². The summed E-state index contributed by atoms with van der Waals surface area (Å²) in [7, 11) is 0. The highest BCUT2D eigenvalue weighted by molar-refractivity contribution is 6.30. The number of hydrogen-bond acceptors (Lipinski definition) is 3. The molecule has 0 saturated carbocycles. The van der Waals surface area contributed by atoms with Gasteiger partial charge in [0, 0.05) is 6.20 Å². The lowest BCUT2D eigenvalue weighted by molar-refractivity contribution is 0.340. The van der Waals surface area contributed by atoms with Crippen LogP contribution in [0, 0.1) is 0 Å². The van der Waals surface area contributed by atoms with E-state index in [-0.39, 0.29) is 6.04 Å². The van der Waals surface area contributed by atoms with Crippen molar-refractivity contribution in [1.82, 2.24) is 4.98 Å². The van der Waals surface area contributed by atoms with Gasteiger partial charge in [-0.3, -0.25) is 4.98 Å². The SMILES string of the molecule is CCOc1cccc(C(N)c2ccc(Cl)cn2)c1. The summed E-state index contributed by atoms with van der Waals surface area (Å²) in [4.78, 5) is 4.23. The van der Waals surface area contributed by atoms with Crippen LogP contribution in [0.5, 0.6) is 5.75 Å². The van der Waals surface area contributed by atoms with E-state index in [1.165, 1.54) is 0 Å². The highest BCUT2D eigenvalue weighted by Crippen LogP contribution is 2.22. The number of benzene rings is 1. The number of aromatic nitrogens is 1. The topological polar surface area (TPSA) is 48.1 Å². The van der Waals surface area contributed by atoms with Crippen LogP contribution >= 0.6 is 11.6 Å². The number of ether oxygens (including phenoxy) is 1. The highest BCUT2D eigenvalue weighted by atomic mass is 35.5. The summed E-state index contributed by atoms with van der Waals surface area (Å²) < 4.78 is 5.45. The zero-order valence-electron chi connectivity index (χ0n) is 10.1. The standard InChI is InChI=1S/C14H15ClN2O/c1-2-18-12-5-3-4-10(8-12)14(16)13-7-6-11(15)9-17-13/h3-9,14H,2,16H2,1H3. The van der Waals surface area contributed by atoms with Gasteiger partial charge in [0.1, 0.15) is 5.75 Å². The third-order valence-corrected chi connectivity index (χ3v) is 2.82. The molecule has 2 rings (SSSR count). The van der Waals surface area contributed by atoms with Gasteiger partial charge in [0.15, 0.2) is 0 Å². The number of nitrogens with zero attached hydrogens (tertiary/aromatic N) is 1. The number of hydrogen-bond donors (Lipinski definition) is 1. The molecule has 0 aliphatic heterocycles. The van der Waals surface area contributed by atoms with Gasteiger partial charge in [-0.1, -0.05) is 23.7 Å². The average molecular weight is 263 g/mol. The molecule has 1 atom stereocenters. The van der Waals surface area contributed by atoms with E-state index in [1.807, 2.05) is 37.3 Å². The Morgan fingerprint density at radius 3 is 2.83 bits per heavy atom. The number of nitrogens with two attached hydrogens (primary N) is 1. The molecular weight excluding hydrogens is 248 g/mol. The molecule has 0 bridgehead atoms. The summed E-state index contributed by atoms with van der Waals surface area (Å²) >= 11 is 5.81. The minimum Gasteiger partial charge on any atom is -0.494 e. The van der Waals surface area contributed by atoms with Crippen molar-refractivity contribution in [2.75, 3.05) is 6.61 Å². The van der Waals surface area contributed by atoms with E-state index in [9.17, 15) is 0 Å². The van der Waals surface area contributed by atoms with Crippen molar-refractivity contribution >= 4 is 11.6 Å². The lowest BCUT2D eigenvalue weighted by Gasteiger charge is -2.13. The predicted octanol–water partition coefficient (Wildman–Crippen LogP) is 3.18. The first-order valence-corrected chi connectivity index (χ1v) is 6.18. The van der Waals surface area contributed by atoms with Gasteiger partial charge in [0.2, 0.25) is 0 Å². The Kier molecular flexibility index (Phi) is 4.18. The molecule has 1 heterocycles. The lowest BCUT2D eigenvalue weighted by atomic mass is 10.0. The van der Waals surface area contributed by atoms with Gasteiger partial charge in [0.25, 0.3) is 0 Å². The van der Waals surface area contributed by atoms with Crippen molar-refractivity contribution in [2.45, 2.75) is 13.0 Å². The Bertz CT molecular complexity index is 513. The summed E-state index contributed by atoms with van der Waals surface area (Å²) in [6, 6.07) is 11.1. The molecule has 0 amide bonds. The monoisotopic (exact) mass is 262 g/mol. The van der Waals surface area contributed by atoms with Gasteiger partial charge >= 0.3 is 0 Å². The molecule has 1 unspecified atom stereocenters. The van der Waals surface area contributed by atoms with Crippen molar-refractivity contribution in [3.8, 4) is 5.75 Å². The normalized spacial score (nSPS) is 12.2. The van der Waals surface area contributed by atoms with Crippen molar-refractivity contribution in [3.05, 3.63) is 58.9 Å². The molecule has 4 heteroatoms. The van der Waals surface area contributed by atoms with Crippen LogP contribution in [-0.2, 0) is 0 Å². The Morgan fingerprint density at radius 2 is 2.17 bits per heavy atom. The van der Waals surface area contributed by atoms with Gasteiger partial charge in [-0.15, -0.1) is 0 Å². The fourth-order valence-corrected chi connectivity index (χ4v) is 1.82. The van der Waals surface area contributed by atoms with Crippen LogP contribution in [0.1, 0.15) is 24.2 Å². The van der Waals surface area contributed by atoms with E-state index in [1.54, 1.807) is 12.3 Å². The molecule has 2 N–H and O–H groups in total. The molecule has 94 valence electrons. The molecule has 0 aliphatic carbocycles. The van der Waals surface area contributed by atoms with E-state index in [0.717, 1.165) is 17.0 Å². The van der Waals surface area contributed by atoms with Gasteiger partial charge in [-0.2, -0.15) is 0 Å². The van der Waals surface area contributed by atoms with Crippen molar-refractivity contribution < 1.29 is 4.74 Å². The minimum absolute atomic E-state index is 0.275. The van der Waals surface area contributed by atoms with Crippen LogP contribution in [0.2, 0.25) is 5.02 Å². The molecule has 1 aromatic carbocycles. The van der Waals surface area contributed by atoms with Crippen LogP contribution in [0.15, 0.2) is 42.6 Å². The fourth-order valence-electron chi connectivity index (χ4n) is 1.71. The summed E-state index contributed by atoms with van der Waals surface area (Å²) in [6.45, 7) is 2.59. The average Bonchev–Trinajstić information content (AvgIpc) is 2.39. The lowest BCUT2D eigenvalue weighted by Crippen LogP contribution is -2.13. The maximum atomic E-state index is 6.17. The van der Waals surface area contributed by atoms with Crippen molar-refractivity contribution in [3.63, 3.8) is 0 Å².